The van der Waals surface area contributed by atoms with Crippen LogP contribution in [0.1, 0.15) is 18.7 Å². The summed E-state index contributed by atoms with van der Waals surface area (Å²) in [6, 6.07) is 0.686. The van der Waals surface area contributed by atoms with E-state index in [1.54, 1.807) is 0 Å². The topological polar surface area (TPSA) is 41.9 Å². The molecule has 1 saturated heterocycles. The number of aromatic nitrogens is 2. The van der Waals surface area contributed by atoms with Crippen molar-refractivity contribution in [3.05, 3.63) is 18.2 Å². The van der Waals surface area contributed by atoms with E-state index in [-0.39, 0.29) is 0 Å². The first-order valence-corrected chi connectivity index (χ1v) is 5.76. The van der Waals surface area contributed by atoms with Gasteiger partial charge < -0.3 is 15.2 Å². The number of imidazole rings is 1. The quantitative estimate of drug-likeness (QED) is 0.684. The summed E-state index contributed by atoms with van der Waals surface area (Å²) in [6.07, 6.45) is 7.50. The molecule has 15 heavy (non-hydrogen) atoms. The van der Waals surface area contributed by atoms with Crippen LogP contribution in [0.2, 0.25) is 0 Å². The van der Waals surface area contributed by atoms with Gasteiger partial charge in [0.2, 0.25) is 0 Å². The van der Waals surface area contributed by atoms with Crippen LogP contribution < -0.4 is 10.6 Å². The molecular formula is C11H20N4. The molecule has 2 heterocycles. The van der Waals surface area contributed by atoms with Gasteiger partial charge in [-0.25, -0.2) is 4.98 Å². The lowest BCUT2D eigenvalue weighted by atomic mass is 10.2. The summed E-state index contributed by atoms with van der Waals surface area (Å²) in [5.41, 5.74) is 0. The van der Waals surface area contributed by atoms with Crippen molar-refractivity contribution in [2.45, 2.75) is 25.3 Å². The van der Waals surface area contributed by atoms with Gasteiger partial charge in [0.25, 0.3) is 0 Å². The van der Waals surface area contributed by atoms with Crippen molar-refractivity contribution in [1.82, 2.24) is 20.2 Å². The Morgan fingerprint density at radius 2 is 2.60 bits per heavy atom. The van der Waals surface area contributed by atoms with Crippen molar-refractivity contribution in [1.29, 1.82) is 0 Å². The van der Waals surface area contributed by atoms with Crippen LogP contribution in [-0.4, -0.2) is 35.2 Å². The molecule has 1 aromatic rings. The van der Waals surface area contributed by atoms with Crippen LogP contribution in [0.3, 0.4) is 0 Å². The third kappa shape index (κ3) is 3.04. The second kappa shape index (κ2) is 5.28. The molecule has 1 aliphatic rings. The average Bonchev–Trinajstić information content (AvgIpc) is 2.85. The van der Waals surface area contributed by atoms with Crippen molar-refractivity contribution < 1.29 is 0 Å². The second-order valence-electron chi connectivity index (χ2n) is 4.20. The number of rotatable bonds is 5. The Balaban J connectivity index is 1.60. The number of aryl methyl sites for hydroxylation is 1. The SMILES string of the molecule is Cn1ccnc1CCNCC1CCCN1. The van der Waals surface area contributed by atoms with Crippen molar-refractivity contribution in [2.75, 3.05) is 19.6 Å². The highest BCUT2D eigenvalue weighted by molar-refractivity contribution is 4.91. The van der Waals surface area contributed by atoms with Gasteiger partial charge in [-0.3, -0.25) is 0 Å². The van der Waals surface area contributed by atoms with E-state index in [1.165, 1.54) is 19.4 Å². The molecule has 1 fully saturated rings. The zero-order valence-corrected chi connectivity index (χ0v) is 9.37. The van der Waals surface area contributed by atoms with Crippen LogP contribution in [0, 0.1) is 0 Å². The van der Waals surface area contributed by atoms with E-state index in [0.29, 0.717) is 6.04 Å². The van der Waals surface area contributed by atoms with E-state index in [4.69, 9.17) is 0 Å². The molecule has 0 aromatic carbocycles. The summed E-state index contributed by atoms with van der Waals surface area (Å²) >= 11 is 0. The highest BCUT2D eigenvalue weighted by atomic mass is 15.0. The maximum Gasteiger partial charge on any atom is 0.109 e. The molecule has 1 unspecified atom stereocenters. The van der Waals surface area contributed by atoms with Crippen LogP contribution in [0.25, 0.3) is 0 Å². The predicted molar refractivity (Wildman–Crippen MR) is 60.8 cm³/mol. The predicted octanol–water partition coefficient (Wildman–Crippen LogP) is 0.304. The molecule has 0 saturated carbocycles. The normalized spacial score (nSPS) is 21.0. The molecule has 0 bridgehead atoms. The van der Waals surface area contributed by atoms with Crippen LogP contribution in [0.15, 0.2) is 12.4 Å². The molecule has 0 amide bonds. The lowest BCUT2D eigenvalue weighted by Gasteiger charge is -2.11. The summed E-state index contributed by atoms with van der Waals surface area (Å²) in [7, 11) is 2.04. The third-order valence-corrected chi connectivity index (χ3v) is 3.00. The first-order chi connectivity index (χ1) is 7.36. The highest BCUT2D eigenvalue weighted by Gasteiger charge is 2.12. The van der Waals surface area contributed by atoms with Crippen molar-refractivity contribution in [2.24, 2.45) is 7.05 Å². The van der Waals surface area contributed by atoms with Gasteiger partial charge >= 0.3 is 0 Å². The van der Waals surface area contributed by atoms with E-state index >= 15 is 0 Å². The molecule has 84 valence electrons. The Kier molecular flexibility index (Phi) is 3.75. The Bertz CT molecular complexity index is 289. The maximum absolute atomic E-state index is 4.29. The van der Waals surface area contributed by atoms with Gasteiger partial charge in [0.1, 0.15) is 5.82 Å². The van der Waals surface area contributed by atoms with Crippen molar-refractivity contribution >= 4 is 0 Å². The number of hydrogen-bond acceptors (Lipinski definition) is 3. The molecule has 1 atom stereocenters. The molecule has 0 radical (unpaired) electrons. The molecule has 0 spiro atoms. The number of nitrogens with one attached hydrogen (secondary N) is 2. The summed E-state index contributed by atoms with van der Waals surface area (Å²) < 4.78 is 2.08. The molecule has 1 aliphatic heterocycles. The second-order valence-corrected chi connectivity index (χ2v) is 4.20. The summed E-state index contributed by atoms with van der Waals surface area (Å²) in [6.45, 7) is 3.29. The van der Waals surface area contributed by atoms with E-state index in [2.05, 4.69) is 20.2 Å². The minimum atomic E-state index is 0.686. The van der Waals surface area contributed by atoms with Gasteiger partial charge in [0, 0.05) is 45.0 Å². The maximum atomic E-state index is 4.29. The Morgan fingerprint density at radius 1 is 1.67 bits per heavy atom. The van der Waals surface area contributed by atoms with Gasteiger partial charge in [-0.05, 0) is 19.4 Å². The van der Waals surface area contributed by atoms with Gasteiger partial charge in [-0.15, -0.1) is 0 Å². The zero-order chi connectivity index (χ0) is 10.5. The largest absolute Gasteiger partial charge is 0.338 e. The third-order valence-electron chi connectivity index (χ3n) is 3.00. The van der Waals surface area contributed by atoms with Crippen molar-refractivity contribution in [3.63, 3.8) is 0 Å². The van der Waals surface area contributed by atoms with E-state index < -0.39 is 0 Å². The monoisotopic (exact) mass is 208 g/mol. The molecule has 4 heteroatoms. The highest BCUT2D eigenvalue weighted by Crippen LogP contribution is 2.03. The summed E-state index contributed by atoms with van der Waals surface area (Å²) in [4.78, 5) is 4.29. The Labute approximate surface area is 91.1 Å². The lowest BCUT2D eigenvalue weighted by Crippen LogP contribution is -2.34. The Hall–Kier alpha value is -0.870. The molecule has 0 aliphatic carbocycles. The van der Waals surface area contributed by atoms with E-state index in [1.807, 2.05) is 19.4 Å². The van der Waals surface area contributed by atoms with Gasteiger partial charge in [-0.2, -0.15) is 0 Å². The van der Waals surface area contributed by atoms with Gasteiger partial charge in [0.05, 0.1) is 0 Å². The molecule has 1 aromatic heterocycles. The van der Waals surface area contributed by atoms with Crippen LogP contribution in [0.5, 0.6) is 0 Å². The lowest BCUT2D eigenvalue weighted by molar-refractivity contribution is 0.533. The average molecular weight is 208 g/mol. The summed E-state index contributed by atoms with van der Waals surface area (Å²) in [5.74, 6) is 1.15. The first-order valence-electron chi connectivity index (χ1n) is 5.76. The van der Waals surface area contributed by atoms with Crippen LogP contribution in [0.4, 0.5) is 0 Å². The van der Waals surface area contributed by atoms with Crippen LogP contribution >= 0.6 is 0 Å². The fourth-order valence-electron chi connectivity index (χ4n) is 2.04. The minimum Gasteiger partial charge on any atom is -0.338 e. The number of nitrogens with zero attached hydrogens (tertiary/aromatic N) is 2. The van der Waals surface area contributed by atoms with Crippen LogP contribution in [-0.2, 0) is 13.5 Å². The fourth-order valence-corrected chi connectivity index (χ4v) is 2.04. The van der Waals surface area contributed by atoms with Gasteiger partial charge in [0.15, 0.2) is 0 Å². The van der Waals surface area contributed by atoms with Crippen molar-refractivity contribution in [3.8, 4) is 0 Å². The molecular weight excluding hydrogens is 188 g/mol. The fraction of sp³-hybridized carbons (Fsp3) is 0.727. The molecule has 4 nitrogen and oxygen atoms in total. The molecule has 2 N–H and O–H groups in total. The zero-order valence-electron chi connectivity index (χ0n) is 9.37. The number of hydrogen-bond donors (Lipinski definition) is 2. The van der Waals surface area contributed by atoms with E-state index in [9.17, 15) is 0 Å². The molecule has 2 rings (SSSR count). The standard InChI is InChI=1S/C11H20N4/c1-15-8-7-14-11(15)4-6-12-9-10-3-2-5-13-10/h7-8,10,12-13H,2-6,9H2,1H3. The summed E-state index contributed by atoms with van der Waals surface area (Å²) in [5, 5.41) is 6.96. The first kappa shape index (κ1) is 10.6. The van der Waals surface area contributed by atoms with E-state index in [0.717, 1.165) is 25.3 Å². The Morgan fingerprint density at radius 3 is 3.27 bits per heavy atom. The van der Waals surface area contributed by atoms with Gasteiger partial charge in [-0.1, -0.05) is 0 Å². The smallest absolute Gasteiger partial charge is 0.109 e. The minimum absolute atomic E-state index is 0.686.